The molecule has 0 N–H and O–H groups in total. The summed E-state index contributed by atoms with van der Waals surface area (Å²) >= 11 is 2.40. The lowest BCUT2D eigenvalue weighted by atomic mass is 9.99. The molecule has 1 atom stereocenters. The molecule has 1 heterocycles. The number of rotatable bonds is 2. The van der Waals surface area contributed by atoms with Gasteiger partial charge in [-0.3, -0.25) is 4.90 Å². The molecule has 0 bridgehead atoms. The first-order valence-corrected chi connectivity index (χ1v) is 7.19. The largest absolute Gasteiger partial charge is 0.306 e. The quantitative estimate of drug-likeness (QED) is 0.718. The van der Waals surface area contributed by atoms with Crippen LogP contribution in [0.1, 0.15) is 19.3 Å². The first-order valence-electron chi connectivity index (χ1n) is 6.11. The number of piperidine rings is 1. The third-order valence-corrected chi connectivity index (χ3v) is 4.53. The fourth-order valence-electron chi connectivity index (χ4n) is 2.59. The highest BCUT2D eigenvalue weighted by Crippen LogP contribution is 2.23. The molecule has 0 aromatic heterocycles. The maximum atomic E-state index is 2.64. The van der Waals surface area contributed by atoms with Crippen LogP contribution in [0.25, 0.3) is 0 Å². The number of halogens is 1. The number of hydrogen-bond donors (Lipinski definition) is 0. The van der Waals surface area contributed by atoms with Gasteiger partial charge in [0, 0.05) is 28.8 Å². The van der Waals surface area contributed by atoms with Crippen molar-refractivity contribution >= 4 is 22.6 Å². The van der Waals surface area contributed by atoms with E-state index in [2.05, 4.69) is 64.7 Å². The Morgan fingerprint density at radius 2 is 2.00 bits per heavy atom. The van der Waals surface area contributed by atoms with Crippen LogP contribution in [-0.4, -0.2) is 49.1 Å². The van der Waals surface area contributed by atoms with Gasteiger partial charge in [0.1, 0.15) is 0 Å². The van der Waals surface area contributed by atoms with Gasteiger partial charge < -0.3 is 4.90 Å². The number of hydrogen-bond acceptors (Lipinski definition) is 2. The van der Waals surface area contributed by atoms with Crippen molar-refractivity contribution in [1.29, 1.82) is 0 Å². The Balaban J connectivity index is 1.84. The van der Waals surface area contributed by atoms with Crippen LogP contribution in [0, 0.1) is 0 Å². The van der Waals surface area contributed by atoms with Crippen LogP contribution < -0.4 is 0 Å². The van der Waals surface area contributed by atoms with Gasteiger partial charge in [-0.2, -0.15) is 0 Å². The van der Waals surface area contributed by atoms with Crippen molar-refractivity contribution in [2.45, 2.75) is 31.3 Å². The van der Waals surface area contributed by atoms with Crippen molar-refractivity contribution in [1.82, 2.24) is 9.80 Å². The van der Waals surface area contributed by atoms with Gasteiger partial charge in [0.05, 0.1) is 0 Å². The second-order valence-corrected chi connectivity index (χ2v) is 6.23. The molecule has 3 heteroatoms. The topological polar surface area (TPSA) is 6.48 Å². The zero-order valence-corrected chi connectivity index (χ0v) is 12.4. The monoisotopic (exact) mass is 332 g/mol. The molecule has 1 aliphatic heterocycles. The van der Waals surface area contributed by atoms with E-state index in [9.17, 15) is 0 Å². The summed E-state index contributed by atoms with van der Waals surface area (Å²) in [4.78, 5) is 5.01. The average Bonchev–Trinajstić information content (AvgIpc) is 2.30. The van der Waals surface area contributed by atoms with Gasteiger partial charge in [-0.25, -0.2) is 0 Å². The van der Waals surface area contributed by atoms with Crippen LogP contribution in [-0.2, 0) is 0 Å². The van der Waals surface area contributed by atoms with Crippen molar-refractivity contribution in [3.8, 4) is 0 Å². The average molecular weight is 332 g/mol. The summed E-state index contributed by atoms with van der Waals surface area (Å²) in [5.41, 5.74) is 0. The van der Waals surface area contributed by atoms with Gasteiger partial charge in [0.15, 0.2) is 0 Å². The number of allylic oxidation sites excluding steroid dienone is 2. The number of nitrogens with zero attached hydrogens (tertiary/aromatic N) is 2. The Morgan fingerprint density at radius 1 is 1.31 bits per heavy atom. The van der Waals surface area contributed by atoms with Crippen LogP contribution in [0.5, 0.6) is 0 Å². The third kappa shape index (κ3) is 3.08. The molecule has 16 heavy (non-hydrogen) atoms. The smallest absolute Gasteiger partial charge is 0.0316 e. The maximum Gasteiger partial charge on any atom is 0.0316 e. The molecule has 0 saturated carbocycles. The van der Waals surface area contributed by atoms with E-state index in [0.29, 0.717) is 6.04 Å². The molecule has 0 aromatic carbocycles. The van der Waals surface area contributed by atoms with E-state index in [-0.39, 0.29) is 0 Å². The van der Waals surface area contributed by atoms with E-state index < -0.39 is 0 Å². The van der Waals surface area contributed by atoms with Crippen molar-refractivity contribution in [2.24, 2.45) is 0 Å². The van der Waals surface area contributed by atoms with Gasteiger partial charge in [-0.1, -0.05) is 18.2 Å². The lowest BCUT2D eigenvalue weighted by Gasteiger charge is -2.38. The second-order valence-electron chi connectivity index (χ2n) is 4.98. The minimum absolute atomic E-state index is 0.654. The molecule has 0 aromatic rings. The summed E-state index contributed by atoms with van der Waals surface area (Å²) in [5.74, 6) is 0. The van der Waals surface area contributed by atoms with Crippen molar-refractivity contribution < 1.29 is 0 Å². The van der Waals surface area contributed by atoms with Crippen LogP contribution >= 0.6 is 22.6 Å². The normalized spacial score (nSPS) is 28.5. The number of likely N-dealkylation sites (tertiary alicyclic amines) is 1. The lowest BCUT2D eigenvalue weighted by molar-refractivity contribution is 0.125. The van der Waals surface area contributed by atoms with Crippen LogP contribution in [0.15, 0.2) is 21.8 Å². The maximum absolute atomic E-state index is 2.64. The third-order valence-electron chi connectivity index (χ3n) is 3.73. The summed E-state index contributed by atoms with van der Waals surface area (Å²) in [7, 11) is 4.40. The molecular weight excluding hydrogens is 311 g/mol. The highest BCUT2D eigenvalue weighted by Gasteiger charge is 2.24. The summed E-state index contributed by atoms with van der Waals surface area (Å²) in [6.45, 7) is 2.50. The molecule has 2 rings (SSSR count). The first kappa shape index (κ1) is 12.6. The van der Waals surface area contributed by atoms with Gasteiger partial charge in [-0.05, 0) is 55.9 Å². The van der Waals surface area contributed by atoms with Gasteiger partial charge in [-0.15, -0.1) is 0 Å². The van der Waals surface area contributed by atoms with E-state index in [0.717, 1.165) is 6.04 Å². The van der Waals surface area contributed by atoms with Gasteiger partial charge in [0.2, 0.25) is 0 Å². The van der Waals surface area contributed by atoms with E-state index in [1.54, 1.807) is 0 Å². The molecule has 1 saturated heterocycles. The van der Waals surface area contributed by atoms with Crippen LogP contribution in [0.3, 0.4) is 0 Å². The first-order chi connectivity index (χ1) is 7.66. The minimum Gasteiger partial charge on any atom is -0.306 e. The minimum atomic E-state index is 0.654. The van der Waals surface area contributed by atoms with Crippen molar-refractivity contribution in [3.63, 3.8) is 0 Å². The zero-order chi connectivity index (χ0) is 11.5. The van der Waals surface area contributed by atoms with Crippen LogP contribution in [0.2, 0.25) is 0 Å². The Bertz CT molecular complexity index is 288. The fourth-order valence-corrected chi connectivity index (χ4v) is 3.05. The Morgan fingerprint density at radius 3 is 2.50 bits per heavy atom. The van der Waals surface area contributed by atoms with Gasteiger partial charge in [0.25, 0.3) is 0 Å². The molecular formula is C13H21IN2. The predicted molar refractivity (Wildman–Crippen MR) is 77.9 cm³/mol. The lowest BCUT2D eigenvalue weighted by Crippen LogP contribution is -2.45. The van der Waals surface area contributed by atoms with Crippen molar-refractivity contribution in [3.05, 3.63) is 21.8 Å². The standard InChI is InChI=1S/C13H21IN2/c1-15(2)12-7-9-16(10-8-12)13-5-3-11(14)4-6-13/h3-5,12-13H,6-10H2,1-2H3. The molecule has 0 amide bonds. The van der Waals surface area contributed by atoms with E-state index in [4.69, 9.17) is 0 Å². The molecule has 1 unspecified atom stereocenters. The zero-order valence-electron chi connectivity index (χ0n) is 10.2. The van der Waals surface area contributed by atoms with Gasteiger partial charge >= 0.3 is 0 Å². The Kier molecular flexibility index (Phi) is 4.44. The molecule has 90 valence electrons. The molecule has 2 aliphatic rings. The second kappa shape index (κ2) is 5.65. The Labute approximate surface area is 113 Å². The Hall–Kier alpha value is 0.130. The molecule has 0 radical (unpaired) electrons. The summed E-state index contributed by atoms with van der Waals surface area (Å²) in [6, 6.07) is 1.45. The highest BCUT2D eigenvalue weighted by molar-refractivity contribution is 14.1. The summed E-state index contributed by atoms with van der Waals surface area (Å²) in [6.07, 6.45) is 10.8. The van der Waals surface area contributed by atoms with E-state index >= 15 is 0 Å². The van der Waals surface area contributed by atoms with Crippen LogP contribution in [0.4, 0.5) is 0 Å². The fraction of sp³-hybridized carbons (Fsp3) is 0.692. The summed E-state index contributed by atoms with van der Waals surface area (Å²) in [5, 5.41) is 0. The van der Waals surface area contributed by atoms with Crippen molar-refractivity contribution in [2.75, 3.05) is 27.2 Å². The molecule has 1 aliphatic carbocycles. The molecule has 2 nitrogen and oxygen atoms in total. The van der Waals surface area contributed by atoms with E-state index in [1.807, 2.05) is 0 Å². The molecule has 0 spiro atoms. The van der Waals surface area contributed by atoms with E-state index in [1.165, 1.54) is 35.9 Å². The predicted octanol–water partition coefficient (Wildman–Crippen LogP) is 2.66. The SMILES string of the molecule is CN(C)C1CCN(C2C=CC(I)=CC2)CC1. The highest BCUT2D eigenvalue weighted by atomic mass is 127. The summed E-state index contributed by atoms with van der Waals surface area (Å²) < 4.78 is 1.39. The molecule has 1 fully saturated rings.